The van der Waals surface area contributed by atoms with E-state index in [-0.39, 0.29) is 19.8 Å². The highest BCUT2D eigenvalue weighted by Gasteiger charge is 2.42. The highest BCUT2D eigenvalue weighted by molar-refractivity contribution is 7.54. The van der Waals surface area contributed by atoms with Gasteiger partial charge in [0.2, 0.25) is 5.85 Å². The van der Waals surface area contributed by atoms with Crippen molar-refractivity contribution in [1.29, 1.82) is 0 Å². The molecule has 10 heteroatoms. The quantitative estimate of drug-likeness (QED) is 0.249. The van der Waals surface area contributed by atoms with Crippen LogP contribution in [0.15, 0.2) is 72.8 Å². The topological polar surface area (TPSA) is 83.1 Å². The van der Waals surface area contributed by atoms with Crippen molar-refractivity contribution in [3.05, 3.63) is 94.0 Å². The number of nitrogens with one attached hydrogen (secondary N) is 1. The Hall–Kier alpha value is -2.54. The number of ether oxygens (including phenoxy) is 2. The maximum atomic E-state index is 13.8. The van der Waals surface area contributed by atoms with Crippen molar-refractivity contribution in [1.82, 2.24) is 0 Å². The van der Waals surface area contributed by atoms with Crippen LogP contribution in [0.25, 0.3) is 0 Å². The van der Waals surface area contributed by atoms with Gasteiger partial charge in [-0.3, -0.25) is 9.88 Å². The molecule has 0 aliphatic rings. The summed E-state index contributed by atoms with van der Waals surface area (Å²) < 4.78 is 36.5. The molecule has 0 aromatic heterocycles. The third kappa shape index (κ3) is 7.47. The molecule has 1 atom stereocenters. The van der Waals surface area contributed by atoms with Crippen molar-refractivity contribution in [2.75, 3.05) is 18.5 Å². The number of hydrogen-bond acceptors (Lipinski definition) is 6. The van der Waals surface area contributed by atoms with Gasteiger partial charge in [-0.15, -0.1) is 0 Å². The number of hydrogen-bond donors (Lipinski definition) is 1. The van der Waals surface area contributed by atoms with Gasteiger partial charge in [0.15, 0.2) is 0 Å². The molecule has 186 valence electrons. The standard InChI is InChI=1S/C25H26Cl2NO6P/c1-3-32-35(30,33-4-2)24(34-25(29)28-20-10-6-5-7-11-20)21-12-8-9-13-23(21)31-17-18-14-15-19(26)16-22(18)27/h5-16,24H,3-4,17H2,1-2H3,(H,28,29). The van der Waals surface area contributed by atoms with Crippen LogP contribution in [0.4, 0.5) is 10.5 Å². The third-order valence-corrected chi connectivity index (χ3v) is 7.51. The molecule has 0 fully saturated rings. The van der Waals surface area contributed by atoms with Crippen molar-refractivity contribution in [2.45, 2.75) is 26.3 Å². The van der Waals surface area contributed by atoms with E-state index < -0.39 is 19.5 Å². The highest BCUT2D eigenvalue weighted by atomic mass is 35.5. The molecule has 0 aliphatic carbocycles. The molecule has 1 unspecified atom stereocenters. The fourth-order valence-electron chi connectivity index (χ4n) is 3.21. The van der Waals surface area contributed by atoms with E-state index in [4.69, 9.17) is 41.7 Å². The lowest BCUT2D eigenvalue weighted by Gasteiger charge is -2.27. The zero-order valence-electron chi connectivity index (χ0n) is 19.3. The maximum Gasteiger partial charge on any atom is 0.412 e. The molecule has 0 heterocycles. The first-order valence-corrected chi connectivity index (χ1v) is 13.3. The van der Waals surface area contributed by atoms with E-state index in [1.807, 2.05) is 6.07 Å². The predicted octanol–water partition coefficient (Wildman–Crippen LogP) is 8.09. The number of halogens is 2. The summed E-state index contributed by atoms with van der Waals surface area (Å²) in [5.41, 5.74) is 1.54. The van der Waals surface area contributed by atoms with Gasteiger partial charge in [-0.25, -0.2) is 4.79 Å². The lowest BCUT2D eigenvalue weighted by molar-refractivity contribution is 0.111. The van der Waals surface area contributed by atoms with Gasteiger partial charge in [-0.2, -0.15) is 0 Å². The summed E-state index contributed by atoms with van der Waals surface area (Å²) in [5.74, 6) is -1.06. The van der Waals surface area contributed by atoms with Crippen molar-refractivity contribution < 1.29 is 27.9 Å². The molecule has 0 radical (unpaired) electrons. The first-order valence-electron chi connectivity index (χ1n) is 10.9. The van der Waals surface area contributed by atoms with Crippen LogP contribution in [-0.4, -0.2) is 19.3 Å². The molecule has 3 rings (SSSR count). The average Bonchev–Trinajstić information content (AvgIpc) is 2.83. The molecule has 0 spiro atoms. The number of carbonyl (C=O) groups is 1. The Morgan fingerprint density at radius 2 is 1.60 bits per heavy atom. The smallest absolute Gasteiger partial charge is 0.412 e. The fourth-order valence-corrected chi connectivity index (χ4v) is 5.52. The van der Waals surface area contributed by atoms with Crippen molar-refractivity contribution in [2.24, 2.45) is 0 Å². The van der Waals surface area contributed by atoms with Gasteiger partial charge < -0.3 is 18.5 Å². The zero-order chi connectivity index (χ0) is 25.3. The molecular formula is C25H26Cl2NO6P. The van der Waals surface area contributed by atoms with Crippen LogP contribution in [0.3, 0.4) is 0 Å². The van der Waals surface area contributed by atoms with Crippen LogP contribution in [-0.2, 0) is 25.0 Å². The van der Waals surface area contributed by atoms with E-state index in [0.717, 1.165) is 0 Å². The second-order valence-electron chi connectivity index (χ2n) is 7.19. The molecule has 1 amide bonds. The van der Waals surface area contributed by atoms with E-state index in [1.54, 1.807) is 80.6 Å². The summed E-state index contributed by atoms with van der Waals surface area (Å²) >= 11 is 12.3. The number of benzene rings is 3. The first kappa shape index (κ1) is 27.1. The first-order chi connectivity index (χ1) is 16.9. The molecule has 0 aliphatic heterocycles. The Morgan fingerprint density at radius 1 is 0.943 bits per heavy atom. The van der Waals surface area contributed by atoms with Crippen molar-refractivity contribution in [3.8, 4) is 5.75 Å². The highest BCUT2D eigenvalue weighted by Crippen LogP contribution is 2.62. The maximum absolute atomic E-state index is 13.8. The molecule has 3 aromatic carbocycles. The molecule has 0 saturated heterocycles. The van der Waals surface area contributed by atoms with Crippen LogP contribution >= 0.6 is 30.8 Å². The number of para-hydroxylation sites is 2. The summed E-state index contributed by atoms with van der Waals surface area (Å²) in [4.78, 5) is 12.8. The molecule has 0 bridgehead atoms. The summed E-state index contributed by atoms with van der Waals surface area (Å²) in [6.45, 7) is 3.63. The number of anilines is 1. The van der Waals surface area contributed by atoms with Crippen LogP contribution in [0, 0.1) is 0 Å². The molecule has 7 nitrogen and oxygen atoms in total. The van der Waals surface area contributed by atoms with Gasteiger partial charge in [0.05, 0.1) is 13.2 Å². The Balaban J connectivity index is 1.93. The average molecular weight is 538 g/mol. The third-order valence-electron chi connectivity index (χ3n) is 4.73. The Labute approximate surface area is 214 Å². The molecule has 35 heavy (non-hydrogen) atoms. The van der Waals surface area contributed by atoms with Gasteiger partial charge in [0.1, 0.15) is 12.4 Å². The van der Waals surface area contributed by atoms with Gasteiger partial charge in [-0.1, -0.05) is 65.7 Å². The molecular weight excluding hydrogens is 512 g/mol. The van der Waals surface area contributed by atoms with Crippen molar-refractivity contribution in [3.63, 3.8) is 0 Å². The summed E-state index contributed by atoms with van der Waals surface area (Å²) in [7, 11) is -3.96. The van der Waals surface area contributed by atoms with E-state index in [9.17, 15) is 9.36 Å². The minimum absolute atomic E-state index is 0.0842. The Kier molecular flexibility index (Phi) is 10.0. The number of rotatable bonds is 11. The number of amides is 1. The van der Waals surface area contributed by atoms with Crippen molar-refractivity contribution >= 4 is 42.6 Å². The van der Waals surface area contributed by atoms with Gasteiger partial charge >= 0.3 is 13.7 Å². The van der Waals surface area contributed by atoms with Gasteiger partial charge in [0, 0.05) is 26.9 Å². The second-order valence-corrected chi connectivity index (χ2v) is 10.1. The molecule has 0 saturated carbocycles. The largest absolute Gasteiger partial charge is 0.488 e. The molecule has 1 N–H and O–H groups in total. The number of carbonyl (C=O) groups excluding carboxylic acids is 1. The van der Waals surface area contributed by atoms with E-state index in [0.29, 0.717) is 32.6 Å². The van der Waals surface area contributed by atoms with E-state index in [2.05, 4.69) is 5.32 Å². The van der Waals surface area contributed by atoms with Crippen LogP contribution < -0.4 is 10.1 Å². The summed E-state index contributed by atoms with van der Waals surface area (Å²) in [6.07, 6.45) is -0.823. The second kappa shape index (κ2) is 13.0. The normalized spacial score (nSPS) is 12.1. The Bertz CT molecular complexity index is 1170. The predicted molar refractivity (Wildman–Crippen MR) is 137 cm³/mol. The minimum Gasteiger partial charge on any atom is -0.488 e. The SMILES string of the molecule is CCOP(=O)(OCC)C(OC(=O)Nc1ccccc1)c1ccccc1OCc1ccc(Cl)cc1Cl. The van der Waals surface area contributed by atoms with Crippen LogP contribution in [0.2, 0.25) is 10.0 Å². The lowest BCUT2D eigenvalue weighted by Crippen LogP contribution is -2.20. The summed E-state index contributed by atoms with van der Waals surface area (Å²) in [5, 5.41) is 3.57. The Morgan fingerprint density at radius 3 is 2.26 bits per heavy atom. The minimum atomic E-state index is -3.96. The van der Waals surface area contributed by atoms with Gasteiger partial charge in [0.25, 0.3) is 0 Å². The van der Waals surface area contributed by atoms with Gasteiger partial charge in [-0.05, 0) is 44.2 Å². The molecule has 3 aromatic rings. The van der Waals surface area contributed by atoms with E-state index >= 15 is 0 Å². The van der Waals surface area contributed by atoms with Crippen LogP contribution in [0.5, 0.6) is 5.75 Å². The zero-order valence-corrected chi connectivity index (χ0v) is 21.7. The van der Waals surface area contributed by atoms with Crippen LogP contribution in [0.1, 0.15) is 30.8 Å². The monoisotopic (exact) mass is 537 g/mol. The summed E-state index contributed by atoms with van der Waals surface area (Å²) in [6, 6.07) is 20.6. The fraction of sp³-hybridized carbons (Fsp3) is 0.240. The van der Waals surface area contributed by atoms with E-state index in [1.165, 1.54) is 0 Å². The lowest BCUT2D eigenvalue weighted by atomic mass is 10.2.